The fourth-order valence-electron chi connectivity index (χ4n) is 4.59. The molecule has 0 bridgehead atoms. The van der Waals surface area contributed by atoms with Crippen LogP contribution in [0.25, 0.3) is 11.1 Å². The highest BCUT2D eigenvalue weighted by atomic mass is 16.5. The maximum atomic E-state index is 12.4. The number of aliphatic carboxylic acids is 1. The lowest BCUT2D eigenvalue weighted by Crippen LogP contribution is -2.34. The molecule has 0 heterocycles. The highest BCUT2D eigenvalue weighted by molar-refractivity contribution is 5.79. The van der Waals surface area contributed by atoms with Crippen molar-refractivity contribution in [3.05, 3.63) is 59.7 Å². The first-order valence-electron chi connectivity index (χ1n) is 11.6. The molecule has 7 heteroatoms. The van der Waals surface area contributed by atoms with E-state index in [1.165, 1.54) is 11.1 Å². The predicted octanol–water partition coefficient (Wildman–Crippen LogP) is 3.78. The van der Waals surface area contributed by atoms with Crippen LogP contribution in [-0.2, 0) is 14.3 Å². The number of carbonyl (C=O) groups is 3. The number of carboxylic acids is 1. The lowest BCUT2D eigenvalue weighted by molar-refractivity contribution is -0.139. The second-order valence-electron chi connectivity index (χ2n) is 8.93. The van der Waals surface area contributed by atoms with Gasteiger partial charge in [-0.2, -0.15) is 0 Å². The minimum absolute atomic E-state index is 0.00736. The summed E-state index contributed by atoms with van der Waals surface area (Å²) in [4.78, 5) is 35.4. The van der Waals surface area contributed by atoms with Crippen LogP contribution in [-0.4, -0.2) is 42.8 Å². The average Bonchev–Trinajstić information content (AvgIpc) is 3.55. The standard InChI is InChI=1S/C26H30N2O5/c1-2-16(11-24(29)27-14-17-12-22(17)25(30)31)13-28-26(32)33-15-23-20-9-5-3-7-18(20)19-8-4-6-10-21(19)23/h3-10,16-17,22-23H,2,11-15H2,1H3,(H,27,29)(H,28,32)(H,30,31). The third kappa shape index (κ3) is 5.35. The van der Waals surface area contributed by atoms with E-state index in [1.54, 1.807) is 0 Å². The number of alkyl carbamates (subject to hydrolysis) is 1. The van der Waals surface area contributed by atoms with Crippen molar-refractivity contribution in [2.75, 3.05) is 19.7 Å². The predicted molar refractivity (Wildman–Crippen MR) is 124 cm³/mol. The molecule has 2 aliphatic rings. The van der Waals surface area contributed by atoms with Gasteiger partial charge < -0.3 is 20.5 Å². The van der Waals surface area contributed by atoms with Crippen LogP contribution >= 0.6 is 0 Å². The van der Waals surface area contributed by atoms with E-state index in [4.69, 9.17) is 9.84 Å². The van der Waals surface area contributed by atoms with Crippen LogP contribution in [0.15, 0.2) is 48.5 Å². The van der Waals surface area contributed by atoms with Crippen molar-refractivity contribution >= 4 is 18.0 Å². The summed E-state index contributed by atoms with van der Waals surface area (Å²) in [6.07, 6.45) is 1.15. The van der Waals surface area contributed by atoms with Crippen molar-refractivity contribution in [3.8, 4) is 11.1 Å². The Bertz CT molecular complexity index is 991. The highest BCUT2D eigenvalue weighted by Crippen LogP contribution is 2.44. The molecular formula is C26H30N2O5. The van der Waals surface area contributed by atoms with Gasteiger partial charge >= 0.3 is 12.1 Å². The summed E-state index contributed by atoms with van der Waals surface area (Å²) < 4.78 is 5.55. The SMILES string of the molecule is CCC(CNC(=O)OCC1c2ccccc2-c2ccccc21)CC(=O)NCC1CC1C(=O)O. The zero-order valence-corrected chi connectivity index (χ0v) is 18.8. The van der Waals surface area contributed by atoms with E-state index in [-0.39, 0.29) is 42.6 Å². The van der Waals surface area contributed by atoms with Gasteiger partial charge in [0.25, 0.3) is 0 Å². The van der Waals surface area contributed by atoms with Gasteiger partial charge in [0.05, 0.1) is 5.92 Å². The van der Waals surface area contributed by atoms with Crippen LogP contribution in [0.2, 0.25) is 0 Å². The first-order valence-corrected chi connectivity index (χ1v) is 11.6. The first kappa shape index (κ1) is 22.8. The Morgan fingerprint density at radius 1 is 1.03 bits per heavy atom. The van der Waals surface area contributed by atoms with Crippen molar-refractivity contribution in [1.29, 1.82) is 0 Å². The topological polar surface area (TPSA) is 105 Å². The van der Waals surface area contributed by atoms with Gasteiger partial charge in [0.2, 0.25) is 5.91 Å². The number of carboxylic acid groups (broad SMARTS) is 1. The van der Waals surface area contributed by atoms with E-state index >= 15 is 0 Å². The molecule has 0 saturated heterocycles. The molecule has 0 spiro atoms. The number of rotatable bonds is 10. The van der Waals surface area contributed by atoms with E-state index < -0.39 is 12.1 Å². The number of carbonyl (C=O) groups excluding carboxylic acids is 2. The van der Waals surface area contributed by atoms with E-state index in [0.717, 1.165) is 17.5 Å². The van der Waals surface area contributed by atoms with Crippen molar-refractivity contribution < 1.29 is 24.2 Å². The van der Waals surface area contributed by atoms with Crippen molar-refractivity contribution in [2.45, 2.75) is 32.1 Å². The largest absolute Gasteiger partial charge is 0.481 e. The Balaban J connectivity index is 1.22. The lowest BCUT2D eigenvalue weighted by Gasteiger charge is -2.17. The quantitative estimate of drug-likeness (QED) is 0.511. The minimum Gasteiger partial charge on any atom is -0.481 e. The maximum Gasteiger partial charge on any atom is 0.407 e. The third-order valence-corrected chi connectivity index (χ3v) is 6.73. The number of nitrogens with one attached hydrogen (secondary N) is 2. The molecule has 4 rings (SSSR count). The van der Waals surface area contributed by atoms with E-state index in [2.05, 4.69) is 34.9 Å². The van der Waals surface area contributed by atoms with Crippen molar-refractivity contribution in [2.24, 2.45) is 17.8 Å². The van der Waals surface area contributed by atoms with E-state index in [9.17, 15) is 14.4 Å². The Hall–Kier alpha value is -3.35. The summed E-state index contributed by atoms with van der Waals surface area (Å²) in [6, 6.07) is 16.4. The van der Waals surface area contributed by atoms with Gasteiger partial charge in [-0.1, -0.05) is 61.9 Å². The first-order chi connectivity index (χ1) is 16.0. The molecule has 2 aromatic carbocycles. The molecule has 0 aromatic heterocycles. The van der Waals surface area contributed by atoms with Crippen LogP contribution < -0.4 is 10.6 Å². The van der Waals surface area contributed by atoms with E-state index in [0.29, 0.717) is 19.5 Å². The summed E-state index contributed by atoms with van der Waals surface area (Å²) >= 11 is 0. The number of fused-ring (bicyclic) bond motifs is 3. The van der Waals surface area contributed by atoms with Crippen LogP contribution in [0, 0.1) is 17.8 Å². The Labute approximate surface area is 193 Å². The number of benzene rings is 2. The van der Waals surface area contributed by atoms with Gasteiger partial charge in [-0.25, -0.2) is 4.79 Å². The number of hydrogen-bond acceptors (Lipinski definition) is 4. The molecule has 3 N–H and O–H groups in total. The summed E-state index contributed by atoms with van der Waals surface area (Å²) in [5.74, 6) is -1.22. The highest BCUT2D eigenvalue weighted by Gasteiger charge is 2.43. The zero-order chi connectivity index (χ0) is 23.4. The van der Waals surface area contributed by atoms with Crippen LogP contribution in [0.3, 0.4) is 0 Å². The number of hydrogen-bond donors (Lipinski definition) is 3. The Kier molecular flexibility index (Phi) is 6.96. The number of amides is 2. The molecule has 1 fully saturated rings. The molecule has 33 heavy (non-hydrogen) atoms. The molecule has 0 radical (unpaired) electrons. The normalized spacial score (nSPS) is 19.2. The molecule has 0 aliphatic heterocycles. The zero-order valence-electron chi connectivity index (χ0n) is 18.8. The molecule has 3 atom stereocenters. The monoisotopic (exact) mass is 450 g/mol. The second-order valence-corrected chi connectivity index (χ2v) is 8.93. The fourth-order valence-corrected chi connectivity index (χ4v) is 4.59. The van der Waals surface area contributed by atoms with Gasteiger partial charge in [0.15, 0.2) is 0 Å². The van der Waals surface area contributed by atoms with Gasteiger partial charge in [-0.3, -0.25) is 9.59 Å². The lowest BCUT2D eigenvalue weighted by atomic mass is 9.98. The van der Waals surface area contributed by atoms with Gasteiger partial charge in [0.1, 0.15) is 6.61 Å². The smallest absolute Gasteiger partial charge is 0.407 e. The summed E-state index contributed by atoms with van der Waals surface area (Å²) in [6.45, 7) is 2.97. The summed E-state index contributed by atoms with van der Waals surface area (Å²) in [7, 11) is 0. The maximum absolute atomic E-state index is 12.4. The van der Waals surface area contributed by atoms with Crippen LogP contribution in [0.4, 0.5) is 4.79 Å². The Morgan fingerprint density at radius 2 is 1.67 bits per heavy atom. The average molecular weight is 451 g/mol. The summed E-state index contributed by atoms with van der Waals surface area (Å²) in [5.41, 5.74) is 4.69. The molecule has 2 aromatic rings. The molecule has 7 nitrogen and oxygen atoms in total. The van der Waals surface area contributed by atoms with Crippen LogP contribution in [0.1, 0.15) is 43.2 Å². The van der Waals surface area contributed by atoms with Crippen LogP contribution in [0.5, 0.6) is 0 Å². The van der Waals surface area contributed by atoms with Crippen molar-refractivity contribution in [1.82, 2.24) is 10.6 Å². The Morgan fingerprint density at radius 3 is 2.24 bits per heavy atom. The van der Waals surface area contributed by atoms with Gasteiger partial charge in [0, 0.05) is 25.4 Å². The fraction of sp³-hybridized carbons (Fsp3) is 0.423. The molecule has 174 valence electrons. The molecular weight excluding hydrogens is 420 g/mol. The second kappa shape index (κ2) is 10.1. The minimum atomic E-state index is -0.798. The van der Waals surface area contributed by atoms with Crippen molar-refractivity contribution in [3.63, 3.8) is 0 Å². The molecule has 1 saturated carbocycles. The molecule has 2 amide bonds. The van der Waals surface area contributed by atoms with Gasteiger partial charge in [-0.15, -0.1) is 0 Å². The number of ether oxygens (including phenoxy) is 1. The van der Waals surface area contributed by atoms with Gasteiger partial charge in [-0.05, 0) is 40.5 Å². The van der Waals surface area contributed by atoms with E-state index in [1.807, 2.05) is 31.2 Å². The molecule has 2 aliphatic carbocycles. The third-order valence-electron chi connectivity index (χ3n) is 6.73. The molecule has 3 unspecified atom stereocenters. The summed E-state index contributed by atoms with van der Waals surface area (Å²) in [5, 5.41) is 14.5.